The zero-order valence-corrected chi connectivity index (χ0v) is 75.2. The fraction of sp³-hybridized carbons (Fsp3) is 0.407. The maximum absolute atomic E-state index is 7.98. The summed E-state index contributed by atoms with van der Waals surface area (Å²) in [4.78, 5) is 10.4. The van der Waals surface area contributed by atoms with Crippen molar-refractivity contribution in [2.75, 3.05) is 19.6 Å². The summed E-state index contributed by atoms with van der Waals surface area (Å²) in [5, 5.41) is 2.38. The van der Waals surface area contributed by atoms with Gasteiger partial charge in [-0.3, -0.25) is 0 Å². The van der Waals surface area contributed by atoms with Crippen LogP contribution in [0.15, 0.2) is 179 Å². The summed E-state index contributed by atoms with van der Waals surface area (Å²) in [5.74, 6) is 0. The van der Waals surface area contributed by atoms with Gasteiger partial charge in [0.15, 0.2) is 0 Å². The summed E-state index contributed by atoms with van der Waals surface area (Å²) in [5.41, 5.74) is 41.3. The van der Waals surface area contributed by atoms with Gasteiger partial charge in [0.05, 0.1) is 22.7 Å². The number of nitrogens with zero attached hydrogens (tertiary/aromatic N) is 4. The van der Waals surface area contributed by atoms with Crippen LogP contribution in [-0.2, 0) is 54.1 Å². The van der Waals surface area contributed by atoms with Gasteiger partial charge in [0.2, 0.25) is 0 Å². The van der Waals surface area contributed by atoms with Gasteiger partial charge in [0.1, 0.15) is 11.2 Å². The van der Waals surface area contributed by atoms with Crippen LogP contribution in [0.25, 0.3) is 21.9 Å². The third-order valence-corrected chi connectivity index (χ3v) is 28.8. The maximum atomic E-state index is 7.98. The van der Waals surface area contributed by atoms with Gasteiger partial charge in [-0.2, -0.15) is 0 Å². The largest absolute Gasteiger partial charge is 0.468 e. The van der Waals surface area contributed by atoms with Crippen LogP contribution in [0.5, 0.6) is 0 Å². The molecule has 2 aromatic heterocycles. The SMILES string of the molecule is Cc1ccc(N2c3ccc(C(C)(C)C)cc3B3c4oc5cc6c(cc5c4N(c4ccc(C(C)(C)CCC5(C)CCC(C)(C)c7cc8c9c(oc8cc75)B5c7cc(C(C)(C)C)ccc7N(c7cc(C(C)(C)C)cc(C(C)(C)C)c7)c7cc(C)cc(c75)N9c5ccc(C(C)(C)C)cc5)cc4)c4cc(C)cc2c43)C(C)(C)CCC6(C)C)c(C)c1. The van der Waals surface area contributed by atoms with Crippen LogP contribution in [0.1, 0.15) is 283 Å². The smallest absolute Gasteiger partial charge is 0.297 e. The van der Waals surface area contributed by atoms with Crippen molar-refractivity contribution in [1.29, 1.82) is 0 Å². The Balaban J connectivity index is 0.764. The van der Waals surface area contributed by atoms with Crippen LogP contribution in [0.2, 0.25) is 0 Å². The van der Waals surface area contributed by atoms with Crippen LogP contribution in [0, 0.1) is 27.7 Å². The molecule has 6 nitrogen and oxygen atoms in total. The number of furan rings is 2. The Hall–Kier alpha value is -9.39. The Morgan fingerprint density at radius 1 is 0.319 bits per heavy atom. The first kappa shape index (κ1) is 77.8. The third kappa shape index (κ3) is 12.3. The van der Waals surface area contributed by atoms with Crippen LogP contribution in [0.4, 0.5) is 68.2 Å². The number of fused-ring (bicyclic) bond motifs is 14. The van der Waals surface area contributed by atoms with E-state index in [1.807, 2.05) is 0 Å². The van der Waals surface area contributed by atoms with Crippen LogP contribution < -0.4 is 52.8 Å². The Morgan fingerprint density at radius 3 is 1.15 bits per heavy atom. The van der Waals surface area contributed by atoms with Gasteiger partial charge in [0.25, 0.3) is 13.4 Å². The van der Waals surface area contributed by atoms with Crippen molar-refractivity contribution in [1.82, 2.24) is 0 Å². The second-order valence-corrected chi connectivity index (χ2v) is 44.6. The minimum absolute atomic E-state index is 0.000704. The third-order valence-electron chi connectivity index (χ3n) is 28.8. The Bertz CT molecular complexity index is 6060. The van der Waals surface area contributed by atoms with Crippen molar-refractivity contribution < 1.29 is 8.83 Å². The molecule has 0 N–H and O–H groups in total. The van der Waals surface area contributed by atoms with Crippen molar-refractivity contribution in [3.63, 3.8) is 0 Å². The van der Waals surface area contributed by atoms with Gasteiger partial charge in [-0.1, -0.05) is 238 Å². The second kappa shape index (κ2) is 25.6. The van der Waals surface area contributed by atoms with Crippen LogP contribution in [0.3, 0.4) is 0 Å². The monoisotopic (exact) mass is 1530 g/mol. The number of hydrogen-bond acceptors (Lipinski definition) is 6. The molecule has 1 atom stereocenters. The molecule has 2 aliphatic carbocycles. The molecule has 1 unspecified atom stereocenters. The lowest BCUT2D eigenvalue weighted by Gasteiger charge is -2.45. The first-order valence-electron chi connectivity index (χ1n) is 43.6. The highest BCUT2D eigenvalue weighted by Gasteiger charge is 2.52. The minimum atomic E-state index is -0.184. The predicted molar refractivity (Wildman–Crippen MR) is 500 cm³/mol. The lowest BCUT2D eigenvalue weighted by molar-refractivity contribution is 0.272. The quantitative estimate of drug-likeness (QED) is 0.141. The van der Waals surface area contributed by atoms with Crippen LogP contribution >= 0.6 is 0 Å². The fourth-order valence-corrected chi connectivity index (χ4v) is 21.1. The maximum Gasteiger partial charge on any atom is 0.297 e. The molecule has 6 aliphatic rings. The lowest BCUT2D eigenvalue weighted by Crippen LogP contribution is -2.61. The molecule has 6 heterocycles. The normalized spacial score (nSPS) is 17.9. The molecule has 8 heteroatoms. The van der Waals surface area contributed by atoms with Crippen molar-refractivity contribution in [2.45, 2.75) is 287 Å². The van der Waals surface area contributed by atoms with E-state index in [0.29, 0.717) is 0 Å². The highest BCUT2D eigenvalue weighted by Crippen LogP contribution is 2.57. The molecular formula is C108H124B2N4O2. The first-order valence-corrected chi connectivity index (χ1v) is 43.6. The molecule has 0 spiro atoms. The molecule has 4 aliphatic heterocycles. The average Bonchev–Trinajstić information content (AvgIpc) is 1.43. The van der Waals surface area contributed by atoms with Gasteiger partial charge in [-0.15, -0.1) is 0 Å². The van der Waals surface area contributed by atoms with Crippen molar-refractivity contribution in [2.24, 2.45) is 0 Å². The van der Waals surface area contributed by atoms with Gasteiger partial charge < -0.3 is 28.4 Å². The zero-order valence-electron chi connectivity index (χ0n) is 75.2. The highest BCUT2D eigenvalue weighted by molar-refractivity contribution is 7.00. The standard InChI is InChI=1S/C108H124B2N4O2/c1-63-29-40-84(66(4)49-63)114-86-42-35-70(101(11,12)13)58-83(86)110-94-89(52-65(3)53-90(94)114)113(95-76-59-78-80(61-91(76)115-98(95)110)106(24,25)44-43-105(78,22)23)74-38-32-68(33-39-74)104(20,21)45-47-108(28)48-46-107(26,27)79-60-77-92(62-81(79)108)116-97-96(77)112(73-36-30-67(31-37-73)99(5,6)7)88-51-64(2)50-87-93(88)109(97)82-57-69(100(8,9)10)34-41-85(82)111(87)75-55-71(102(14,15)16)54-72(56-75)103(17,18)19/h29-42,49-62H,43-48H2,1-28H3. The zero-order chi connectivity index (χ0) is 82.7. The minimum Gasteiger partial charge on any atom is -0.468 e. The molecule has 0 radical (unpaired) electrons. The van der Waals surface area contributed by atoms with Gasteiger partial charge in [-0.05, 0) is 318 Å². The van der Waals surface area contributed by atoms with E-state index in [9.17, 15) is 0 Å². The summed E-state index contributed by atoms with van der Waals surface area (Å²) in [6.45, 7) is 66.4. The summed E-state index contributed by atoms with van der Waals surface area (Å²) in [6, 6.07) is 68.4. The molecule has 0 saturated carbocycles. The van der Waals surface area contributed by atoms with Crippen molar-refractivity contribution in [3.8, 4) is 0 Å². The van der Waals surface area contributed by atoms with E-state index in [2.05, 4.69) is 383 Å². The summed E-state index contributed by atoms with van der Waals surface area (Å²) >= 11 is 0. The average molecular weight is 1530 g/mol. The number of benzene rings is 10. The van der Waals surface area contributed by atoms with E-state index < -0.39 is 0 Å². The molecule has 18 rings (SSSR count). The molecule has 594 valence electrons. The van der Waals surface area contributed by atoms with E-state index in [1.54, 1.807) is 0 Å². The summed E-state index contributed by atoms with van der Waals surface area (Å²) in [7, 11) is 0. The first-order chi connectivity index (χ1) is 54.1. The Kier molecular flexibility index (Phi) is 17.2. The Morgan fingerprint density at radius 2 is 0.698 bits per heavy atom. The molecule has 12 aromatic rings. The van der Waals surface area contributed by atoms with E-state index in [0.717, 1.165) is 83.8 Å². The van der Waals surface area contributed by atoms with E-state index >= 15 is 0 Å². The molecule has 0 saturated heterocycles. The number of aryl methyl sites for hydroxylation is 4. The van der Waals surface area contributed by atoms with Crippen molar-refractivity contribution >= 4 is 137 Å². The van der Waals surface area contributed by atoms with Gasteiger partial charge in [-0.25, -0.2) is 0 Å². The number of anilines is 12. The lowest BCUT2D eigenvalue weighted by atomic mass is 9.35. The topological polar surface area (TPSA) is 39.2 Å². The van der Waals surface area contributed by atoms with E-state index in [1.165, 1.54) is 156 Å². The predicted octanol–water partition coefficient (Wildman–Crippen LogP) is 26.5. The summed E-state index contributed by atoms with van der Waals surface area (Å²) in [6.07, 6.45) is 6.46. The summed E-state index contributed by atoms with van der Waals surface area (Å²) < 4.78 is 15.7. The van der Waals surface area contributed by atoms with Gasteiger partial charge >= 0.3 is 0 Å². The molecule has 0 amide bonds. The Labute approximate surface area is 695 Å². The van der Waals surface area contributed by atoms with Crippen LogP contribution in [-0.4, -0.2) is 13.4 Å². The second-order valence-electron chi connectivity index (χ2n) is 44.6. The number of hydrogen-bond donors (Lipinski definition) is 0. The molecular weight excluding hydrogens is 1410 g/mol. The van der Waals surface area contributed by atoms with Crippen molar-refractivity contribution in [3.05, 3.63) is 248 Å². The molecule has 0 bridgehead atoms. The number of rotatable bonds is 8. The van der Waals surface area contributed by atoms with E-state index in [4.69, 9.17) is 8.83 Å². The highest BCUT2D eigenvalue weighted by atomic mass is 16.3. The molecule has 116 heavy (non-hydrogen) atoms. The van der Waals surface area contributed by atoms with E-state index in [-0.39, 0.29) is 67.6 Å². The fourth-order valence-electron chi connectivity index (χ4n) is 21.1. The molecule has 10 aromatic carbocycles. The van der Waals surface area contributed by atoms with Gasteiger partial charge in [0, 0.05) is 67.6 Å². The molecule has 0 fully saturated rings.